The first kappa shape index (κ1) is 9.85. The van der Waals surface area contributed by atoms with E-state index in [0.29, 0.717) is 0 Å². The maximum atomic E-state index is 9.32. The van der Waals surface area contributed by atoms with E-state index in [2.05, 4.69) is 0 Å². The Morgan fingerprint density at radius 2 is 1.75 bits per heavy atom. The highest BCUT2D eigenvalue weighted by Crippen LogP contribution is 2.16. The standard InChI is InChI=1S/C6H14N2O4/c7-3-2(1-9)12-6(11)4(8)5(3)10/h2-6,9-11H,1,7-8H2. The summed E-state index contributed by atoms with van der Waals surface area (Å²) in [5.41, 5.74) is 10.8. The van der Waals surface area contributed by atoms with Gasteiger partial charge in [0.05, 0.1) is 24.8 Å². The van der Waals surface area contributed by atoms with Gasteiger partial charge in [-0.15, -0.1) is 0 Å². The molecular weight excluding hydrogens is 164 g/mol. The zero-order chi connectivity index (χ0) is 9.30. The molecule has 1 aliphatic rings. The molecular formula is C6H14N2O4. The second-order valence-electron chi connectivity index (χ2n) is 2.89. The minimum absolute atomic E-state index is 0.345. The summed E-state index contributed by atoms with van der Waals surface area (Å²) in [6.45, 7) is -0.345. The smallest absolute Gasteiger partial charge is 0.172 e. The Morgan fingerprint density at radius 1 is 1.17 bits per heavy atom. The van der Waals surface area contributed by atoms with Gasteiger partial charge in [-0.1, -0.05) is 0 Å². The van der Waals surface area contributed by atoms with Gasteiger partial charge in [0, 0.05) is 0 Å². The lowest BCUT2D eigenvalue weighted by molar-refractivity contribution is -0.215. The summed E-state index contributed by atoms with van der Waals surface area (Å²) in [6, 6.07) is -1.67. The molecule has 1 fully saturated rings. The highest BCUT2D eigenvalue weighted by Gasteiger charge is 2.40. The highest BCUT2D eigenvalue weighted by atomic mass is 16.6. The van der Waals surface area contributed by atoms with Crippen LogP contribution in [0.1, 0.15) is 0 Å². The van der Waals surface area contributed by atoms with Crippen molar-refractivity contribution in [3.05, 3.63) is 0 Å². The first-order valence-electron chi connectivity index (χ1n) is 3.71. The average molecular weight is 178 g/mol. The van der Waals surface area contributed by atoms with E-state index in [-0.39, 0.29) is 6.61 Å². The number of aliphatic hydroxyl groups excluding tert-OH is 3. The Kier molecular flexibility index (Phi) is 2.99. The fourth-order valence-corrected chi connectivity index (χ4v) is 1.17. The Morgan fingerprint density at radius 3 is 2.25 bits per heavy atom. The summed E-state index contributed by atoms with van der Waals surface area (Å²) in [5.74, 6) is 0. The van der Waals surface area contributed by atoms with Crippen LogP contribution in [0.25, 0.3) is 0 Å². The van der Waals surface area contributed by atoms with E-state index in [0.717, 1.165) is 0 Å². The van der Waals surface area contributed by atoms with Crippen LogP contribution in [0.5, 0.6) is 0 Å². The van der Waals surface area contributed by atoms with E-state index in [1.165, 1.54) is 0 Å². The Balaban J connectivity index is 2.63. The molecule has 5 atom stereocenters. The summed E-state index contributed by atoms with van der Waals surface area (Å²) >= 11 is 0. The van der Waals surface area contributed by atoms with Crippen LogP contribution >= 0.6 is 0 Å². The Hall–Kier alpha value is -0.240. The molecule has 1 heterocycles. The number of aliphatic hydroxyl groups is 3. The van der Waals surface area contributed by atoms with Crippen LogP contribution < -0.4 is 11.5 Å². The molecule has 7 N–H and O–H groups in total. The van der Waals surface area contributed by atoms with Crippen molar-refractivity contribution in [1.82, 2.24) is 0 Å². The molecule has 0 aromatic heterocycles. The van der Waals surface area contributed by atoms with Gasteiger partial charge < -0.3 is 31.5 Å². The van der Waals surface area contributed by atoms with Gasteiger partial charge in [0.15, 0.2) is 6.29 Å². The summed E-state index contributed by atoms with van der Waals surface area (Å²) < 4.78 is 4.83. The molecule has 1 saturated heterocycles. The minimum Gasteiger partial charge on any atom is -0.394 e. The molecule has 0 bridgehead atoms. The second-order valence-corrected chi connectivity index (χ2v) is 2.89. The van der Waals surface area contributed by atoms with Crippen molar-refractivity contribution in [1.29, 1.82) is 0 Å². The molecule has 0 aromatic carbocycles. The normalized spacial score (nSPS) is 49.2. The fourth-order valence-electron chi connectivity index (χ4n) is 1.17. The van der Waals surface area contributed by atoms with Crippen LogP contribution in [-0.2, 0) is 4.74 Å². The van der Waals surface area contributed by atoms with Gasteiger partial charge in [-0.3, -0.25) is 0 Å². The number of ether oxygens (including phenoxy) is 1. The third kappa shape index (κ3) is 1.58. The molecule has 6 nitrogen and oxygen atoms in total. The lowest BCUT2D eigenvalue weighted by Gasteiger charge is -2.38. The molecule has 1 rings (SSSR count). The molecule has 1 aliphatic heterocycles. The minimum atomic E-state index is -1.27. The molecule has 0 aliphatic carbocycles. The summed E-state index contributed by atoms with van der Waals surface area (Å²) in [6.07, 6.45) is -3.07. The molecule has 12 heavy (non-hydrogen) atoms. The van der Waals surface area contributed by atoms with E-state index in [9.17, 15) is 5.11 Å². The van der Waals surface area contributed by atoms with E-state index >= 15 is 0 Å². The van der Waals surface area contributed by atoms with Crippen LogP contribution in [0.3, 0.4) is 0 Å². The van der Waals surface area contributed by atoms with E-state index < -0.39 is 30.6 Å². The van der Waals surface area contributed by atoms with Crippen LogP contribution in [0, 0.1) is 0 Å². The lowest BCUT2D eigenvalue weighted by Crippen LogP contribution is -2.64. The average Bonchev–Trinajstić information content (AvgIpc) is 2.08. The van der Waals surface area contributed by atoms with Crippen LogP contribution in [0.4, 0.5) is 0 Å². The van der Waals surface area contributed by atoms with E-state index in [4.69, 9.17) is 26.4 Å². The summed E-state index contributed by atoms with van der Waals surface area (Å²) in [4.78, 5) is 0. The molecule has 0 amide bonds. The third-order valence-electron chi connectivity index (χ3n) is 2.04. The predicted molar refractivity (Wildman–Crippen MR) is 39.9 cm³/mol. The van der Waals surface area contributed by atoms with Crippen molar-refractivity contribution < 1.29 is 20.1 Å². The van der Waals surface area contributed by atoms with E-state index in [1.807, 2.05) is 0 Å². The van der Waals surface area contributed by atoms with Gasteiger partial charge in [0.25, 0.3) is 0 Å². The van der Waals surface area contributed by atoms with Crippen LogP contribution in [-0.4, -0.2) is 52.5 Å². The van der Waals surface area contributed by atoms with Crippen molar-refractivity contribution in [2.75, 3.05) is 6.61 Å². The molecule has 0 spiro atoms. The number of hydrogen-bond acceptors (Lipinski definition) is 6. The van der Waals surface area contributed by atoms with Crippen LogP contribution in [0.15, 0.2) is 0 Å². The molecule has 72 valence electrons. The highest BCUT2D eigenvalue weighted by molar-refractivity contribution is 4.93. The maximum Gasteiger partial charge on any atom is 0.172 e. The van der Waals surface area contributed by atoms with E-state index in [1.54, 1.807) is 0 Å². The molecule has 6 heteroatoms. The Bertz CT molecular complexity index is 152. The first-order valence-corrected chi connectivity index (χ1v) is 3.71. The summed E-state index contributed by atoms with van der Waals surface area (Å²) in [5, 5.41) is 27.1. The van der Waals surface area contributed by atoms with Gasteiger partial charge >= 0.3 is 0 Å². The van der Waals surface area contributed by atoms with Crippen molar-refractivity contribution in [3.63, 3.8) is 0 Å². The number of rotatable bonds is 1. The molecule has 0 radical (unpaired) electrons. The monoisotopic (exact) mass is 178 g/mol. The third-order valence-corrected chi connectivity index (χ3v) is 2.04. The van der Waals surface area contributed by atoms with Gasteiger partial charge in [-0.25, -0.2) is 0 Å². The van der Waals surface area contributed by atoms with Gasteiger partial charge in [0.1, 0.15) is 6.10 Å². The quantitative estimate of drug-likeness (QED) is 0.287. The number of nitrogens with two attached hydrogens (primary N) is 2. The summed E-state index contributed by atoms with van der Waals surface area (Å²) in [7, 11) is 0. The maximum absolute atomic E-state index is 9.32. The van der Waals surface area contributed by atoms with Crippen molar-refractivity contribution >= 4 is 0 Å². The second kappa shape index (κ2) is 3.65. The SMILES string of the molecule is NC1C(O)OC(CO)C(N)C1O. The van der Waals surface area contributed by atoms with Gasteiger partial charge in [-0.05, 0) is 0 Å². The van der Waals surface area contributed by atoms with Gasteiger partial charge in [-0.2, -0.15) is 0 Å². The van der Waals surface area contributed by atoms with Crippen LogP contribution in [0.2, 0.25) is 0 Å². The molecule has 5 unspecified atom stereocenters. The molecule has 0 aromatic rings. The van der Waals surface area contributed by atoms with Gasteiger partial charge in [0.2, 0.25) is 0 Å². The fraction of sp³-hybridized carbons (Fsp3) is 1.00. The van der Waals surface area contributed by atoms with Crippen molar-refractivity contribution in [2.24, 2.45) is 11.5 Å². The zero-order valence-electron chi connectivity index (χ0n) is 6.50. The Labute approximate surface area is 69.7 Å². The van der Waals surface area contributed by atoms with Crippen molar-refractivity contribution in [2.45, 2.75) is 30.6 Å². The topological polar surface area (TPSA) is 122 Å². The first-order chi connectivity index (χ1) is 5.57. The molecule has 0 saturated carbocycles. The number of hydrogen-bond donors (Lipinski definition) is 5. The van der Waals surface area contributed by atoms with Crippen molar-refractivity contribution in [3.8, 4) is 0 Å². The largest absolute Gasteiger partial charge is 0.394 e. The predicted octanol–water partition coefficient (Wildman–Crippen LogP) is -3.29. The lowest BCUT2D eigenvalue weighted by atomic mass is 9.96. The zero-order valence-corrected chi connectivity index (χ0v) is 6.50.